The number of carbonyl (C=O) groups excluding carboxylic acids is 4. The summed E-state index contributed by atoms with van der Waals surface area (Å²) in [6.45, 7) is 16.1. The molecule has 0 unspecified atom stereocenters. The third-order valence-electron chi connectivity index (χ3n) is 10.8. The number of nitrogens with zero attached hydrogens (tertiary/aromatic N) is 2. The van der Waals surface area contributed by atoms with Crippen LogP contribution in [0.2, 0.25) is 0 Å². The van der Waals surface area contributed by atoms with Gasteiger partial charge >= 0.3 is 5.97 Å². The van der Waals surface area contributed by atoms with Gasteiger partial charge in [0, 0.05) is 55.6 Å². The molecule has 2 amide bonds. The fourth-order valence-electron chi connectivity index (χ4n) is 8.21. The van der Waals surface area contributed by atoms with Crippen LogP contribution < -0.4 is 5.32 Å². The molecule has 0 saturated heterocycles. The van der Waals surface area contributed by atoms with Gasteiger partial charge < -0.3 is 15.0 Å². The number of benzene rings is 1. The van der Waals surface area contributed by atoms with Gasteiger partial charge in [0.15, 0.2) is 6.10 Å². The predicted octanol–water partition coefficient (Wildman–Crippen LogP) is 7.82. The van der Waals surface area contributed by atoms with Gasteiger partial charge in [0.25, 0.3) is 5.91 Å². The Bertz CT molecular complexity index is 1420. The fourth-order valence-corrected chi connectivity index (χ4v) is 9.04. The number of thiazole rings is 1. The molecule has 0 spiro atoms. The van der Waals surface area contributed by atoms with E-state index in [1.54, 1.807) is 10.3 Å². The maximum absolute atomic E-state index is 14.2. The highest BCUT2D eigenvalue weighted by Crippen LogP contribution is 2.73. The van der Waals surface area contributed by atoms with Gasteiger partial charge in [0.05, 0.1) is 0 Å². The van der Waals surface area contributed by atoms with Crippen LogP contribution in [0.1, 0.15) is 127 Å². The molecule has 264 valence electrons. The third-order valence-corrected chi connectivity index (χ3v) is 11.7. The van der Waals surface area contributed by atoms with Crippen molar-refractivity contribution < 1.29 is 23.9 Å². The van der Waals surface area contributed by atoms with Crippen LogP contribution in [-0.2, 0) is 25.5 Å². The summed E-state index contributed by atoms with van der Waals surface area (Å²) in [7, 11) is 1.81. The molecule has 3 saturated carbocycles. The van der Waals surface area contributed by atoms with E-state index >= 15 is 0 Å². The number of rotatable bonds is 18. The molecule has 0 radical (unpaired) electrons. The van der Waals surface area contributed by atoms with Gasteiger partial charge in [-0.2, -0.15) is 0 Å². The van der Waals surface area contributed by atoms with E-state index in [0.29, 0.717) is 22.8 Å². The molecule has 1 aromatic heterocycles. The van der Waals surface area contributed by atoms with Crippen molar-refractivity contribution in [1.29, 1.82) is 0 Å². The second-order valence-electron chi connectivity index (χ2n) is 15.9. The minimum atomic E-state index is -0.724. The number of aromatic nitrogens is 1. The van der Waals surface area contributed by atoms with Crippen molar-refractivity contribution in [2.24, 2.45) is 34.5 Å². The SMILES string of the molecule is CC[C@H](C)[C@H](CC(=O)C12CC(C)(C1)C2)C(=O)N(C)[C@H](C[C@@H](OC(C)=O)c1nc(C(=O)N[C@@H](Cc2ccccc2)CC(C)C)cs1)C(C)C. The van der Waals surface area contributed by atoms with Crippen molar-refractivity contribution in [3.05, 3.63) is 52.0 Å². The molecular formula is C39H57N3O5S. The van der Waals surface area contributed by atoms with Gasteiger partial charge in [0.2, 0.25) is 5.91 Å². The first-order valence-corrected chi connectivity index (χ1v) is 18.7. The molecule has 0 aliphatic heterocycles. The van der Waals surface area contributed by atoms with Crippen LogP contribution in [0.4, 0.5) is 0 Å². The third kappa shape index (κ3) is 8.93. The molecule has 5 rings (SSSR count). The number of carbonyl (C=O) groups is 4. The van der Waals surface area contributed by atoms with Crippen molar-refractivity contribution in [1.82, 2.24) is 15.2 Å². The van der Waals surface area contributed by atoms with Crippen LogP contribution in [0.15, 0.2) is 35.7 Å². The topological polar surface area (TPSA) is 106 Å². The standard InChI is InChI=1S/C39H57N3O5S/c1-10-26(6)30(18-34(44)39-21-38(8,22-39)23-39)37(46)42(9)32(25(4)5)19-33(47-27(7)43)36-41-31(20-48-36)35(45)40-29(16-24(2)3)17-28-14-12-11-13-15-28/h11-15,20,24-26,29-30,32-33H,10,16-19,21-23H2,1-9H3,(H,40,45)/t26-,29+,30-,32+,33+,38?,39?/m0/s1. The van der Waals surface area contributed by atoms with Gasteiger partial charge in [-0.25, -0.2) is 4.98 Å². The van der Waals surface area contributed by atoms with E-state index in [1.807, 2.05) is 39.1 Å². The van der Waals surface area contributed by atoms with Gasteiger partial charge in [-0.05, 0) is 60.8 Å². The molecule has 1 heterocycles. The lowest BCUT2D eigenvalue weighted by Gasteiger charge is -2.68. The van der Waals surface area contributed by atoms with Gasteiger partial charge in [0.1, 0.15) is 16.5 Å². The molecule has 1 N–H and O–H groups in total. The van der Waals surface area contributed by atoms with Crippen molar-refractivity contribution in [3.63, 3.8) is 0 Å². The van der Waals surface area contributed by atoms with Crippen LogP contribution in [0, 0.1) is 34.5 Å². The molecule has 2 aromatic rings. The van der Waals surface area contributed by atoms with Crippen LogP contribution in [0.3, 0.4) is 0 Å². The molecule has 48 heavy (non-hydrogen) atoms. The smallest absolute Gasteiger partial charge is 0.303 e. The number of esters is 1. The minimum absolute atomic E-state index is 0.0374. The van der Waals surface area contributed by atoms with E-state index in [4.69, 9.17) is 4.74 Å². The molecule has 9 heteroatoms. The van der Waals surface area contributed by atoms with Crippen LogP contribution in [0.25, 0.3) is 0 Å². The number of amides is 2. The number of hydrogen-bond donors (Lipinski definition) is 1. The summed E-state index contributed by atoms with van der Waals surface area (Å²) in [4.78, 5) is 59.8. The average Bonchev–Trinajstić information content (AvgIpc) is 3.49. The van der Waals surface area contributed by atoms with E-state index in [9.17, 15) is 19.2 Å². The largest absolute Gasteiger partial charge is 0.455 e. The predicted molar refractivity (Wildman–Crippen MR) is 190 cm³/mol. The van der Waals surface area contributed by atoms with E-state index in [1.165, 1.54) is 18.3 Å². The molecule has 3 aliphatic carbocycles. The lowest BCUT2D eigenvalue weighted by molar-refractivity contribution is -0.198. The molecule has 5 atom stereocenters. The summed E-state index contributed by atoms with van der Waals surface area (Å²) in [6, 6.07) is 9.79. The summed E-state index contributed by atoms with van der Waals surface area (Å²) in [5.74, 6) is -0.399. The zero-order valence-electron chi connectivity index (χ0n) is 30.5. The summed E-state index contributed by atoms with van der Waals surface area (Å²) in [5, 5.41) is 5.42. The highest BCUT2D eigenvalue weighted by molar-refractivity contribution is 7.09. The molecule has 8 nitrogen and oxygen atoms in total. The Morgan fingerprint density at radius 3 is 2.21 bits per heavy atom. The Labute approximate surface area is 291 Å². The molecular weight excluding hydrogens is 623 g/mol. The Morgan fingerprint density at radius 1 is 1.02 bits per heavy atom. The first-order valence-electron chi connectivity index (χ1n) is 17.8. The molecule has 3 fully saturated rings. The van der Waals surface area contributed by atoms with E-state index in [-0.39, 0.29) is 59.0 Å². The number of ether oxygens (including phenoxy) is 1. The van der Waals surface area contributed by atoms with E-state index in [0.717, 1.165) is 44.1 Å². The summed E-state index contributed by atoms with van der Waals surface area (Å²) in [5.41, 5.74) is 1.56. The Balaban J connectivity index is 1.48. The average molecular weight is 680 g/mol. The zero-order valence-corrected chi connectivity index (χ0v) is 31.3. The molecule has 3 aliphatic rings. The fraction of sp³-hybridized carbons (Fsp3) is 0.667. The van der Waals surface area contributed by atoms with Crippen LogP contribution in [0.5, 0.6) is 0 Å². The summed E-state index contributed by atoms with van der Waals surface area (Å²) >= 11 is 1.29. The highest BCUT2D eigenvalue weighted by Gasteiger charge is 2.68. The Hall–Kier alpha value is -3.07. The number of Topliss-reactive ketones (excluding diaryl/α,β-unsaturated/α-hetero) is 1. The van der Waals surface area contributed by atoms with E-state index < -0.39 is 18.0 Å². The maximum atomic E-state index is 14.2. The summed E-state index contributed by atoms with van der Waals surface area (Å²) < 4.78 is 5.81. The van der Waals surface area contributed by atoms with Crippen LogP contribution in [-0.4, -0.2) is 52.6 Å². The van der Waals surface area contributed by atoms with Crippen molar-refractivity contribution in [2.45, 2.75) is 125 Å². The second kappa shape index (κ2) is 15.6. The number of hydrogen-bond acceptors (Lipinski definition) is 7. The zero-order chi connectivity index (χ0) is 35.4. The minimum Gasteiger partial charge on any atom is -0.455 e. The van der Waals surface area contributed by atoms with Gasteiger partial charge in [-0.1, -0.05) is 85.2 Å². The highest BCUT2D eigenvalue weighted by atomic mass is 32.1. The maximum Gasteiger partial charge on any atom is 0.303 e. The Kier molecular flexibility index (Phi) is 12.3. The van der Waals surface area contributed by atoms with Crippen molar-refractivity contribution >= 4 is 34.9 Å². The van der Waals surface area contributed by atoms with E-state index in [2.05, 4.69) is 57.1 Å². The van der Waals surface area contributed by atoms with Crippen molar-refractivity contribution in [2.75, 3.05) is 7.05 Å². The molecule has 2 bridgehead atoms. The lowest BCUT2D eigenvalue weighted by atomic mass is 9.34. The van der Waals surface area contributed by atoms with Gasteiger partial charge in [-0.3, -0.25) is 19.2 Å². The monoisotopic (exact) mass is 679 g/mol. The number of nitrogens with one attached hydrogen (secondary N) is 1. The Morgan fingerprint density at radius 2 is 1.67 bits per heavy atom. The second-order valence-corrected chi connectivity index (χ2v) is 16.8. The number of ketones is 1. The van der Waals surface area contributed by atoms with Crippen LogP contribution >= 0.6 is 11.3 Å². The van der Waals surface area contributed by atoms with Crippen molar-refractivity contribution in [3.8, 4) is 0 Å². The molecule has 1 aromatic carbocycles. The lowest BCUT2D eigenvalue weighted by Crippen LogP contribution is -2.64. The van der Waals surface area contributed by atoms with Gasteiger partial charge in [-0.15, -0.1) is 11.3 Å². The normalized spacial score (nSPS) is 22.9. The first kappa shape index (κ1) is 37.7. The first-order chi connectivity index (χ1) is 22.6. The quantitative estimate of drug-likeness (QED) is 0.161. The summed E-state index contributed by atoms with van der Waals surface area (Å²) in [6.07, 6.45) is 5.10.